The number of rotatable bonds is 6. The Morgan fingerprint density at radius 3 is 1.61 bits per heavy atom. The van der Waals surface area contributed by atoms with Crippen LogP contribution in [0.4, 0.5) is 17.1 Å². The second-order valence-corrected chi connectivity index (χ2v) is 25.7. The number of hydrogen-bond donors (Lipinski definition) is 0. The van der Waals surface area contributed by atoms with Crippen LogP contribution in [-0.4, -0.2) is 15.8 Å². The van der Waals surface area contributed by atoms with Gasteiger partial charge in [-0.2, -0.15) is 0 Å². The third kappa shape index (κ3) is 7.55. The molecule has 2 aliphatic rings. The van der Waals surface area contributed by atoms with Gasteiger partial charge in [-0.05, 0) is 162 Å². The van der Waals surface area contributed by atoms with Gasteiger partial charge in [0, 0.05) is 60.6 Å². The lowest BCUT2D eigenvalue weighted by atomic mass is 9.33. The molecule has 17 rings (SSSR count). The number of furan rings is 1. The molecule has 0 N–H and O–H groups in total. The molecule has 12 aromatic carbocycles. The Kier molecular flexibility index (Phi) is 10.6. The van der Waals surface area contributed by atoms with Gasteiger partial charge in [0.05, 0.1) is 22.2 Å². The Labute approximate surface area is 495 Å². The summed E-state index contributed by atoms with van der Waals surface area (Å²) in [7, 11) is 0. The maximum absolute atomic E-state index is 7.35. The van der Waals surface area contributed by atoms with Gasteiger partial charge in [0.1, 0.15) is 5.58 Å². The quantitative estimate of drug-likeness (QED) is 0.155. The number of aromatic nitrogens is 2. The predicted molar refractivity (Wildman–Crippen MR) is 361 cm³/mol. The van der Waals surface area contributed by atoms with E-state index in [2.05, 4.69) is 310 Å². The van der Waals surface area contributed by atoms with Crippen LogP contribution in [0.1, 0.15) is 52.7 Å². The van der Waals surface area contributed by atoms with E-state index >= 15 is 0 Å². The number of benzene rings is 12. The van der Waals surface area contributed by atoms with Crippen LogP contribution >= 0.6 is 0 Å². The highest BCUT2D eigenvalue weighted by Crippen LogP contribution is 2.49. The van der Waals surface area contributed by atoms with Crippen molar-refractivity contribution in [3.63, 3.8) is 0 Å². The molecule has 0 spiro atoms. The van der Waals surface area contributed by atoms with E-state index in [-0.39, 0.29) is 17.5 Å². The van der Waals surface area contributed by atoms with Crippen LogP contribution < -0.4 is 21.3 Å². The smallest absolute Gasteiger partial charge is 0.252 e. The van der Waals surface area contributed by atoms with Crippen molar-refractivity contribution in [2.24, 2.45) is 0 Å². The molecule has 0 amide bonds. The first kappa shape index (κ1) is 49.5. The van der Waals surface area contributed by atoms with Crippen LogP contribution in [0.3, 0.4) is 0 Å². The number of anilines is 3. The molecular formula is C80H60BN3O. The summed E-state index contributed by atoms with van der Waals surface area (Å²) in [5, 5.41) is 7.11. The summed E-state index contributed by atoms with van der Waals surface area (Å²) >= 11 is 0. The van der Waals surface area contributed by atoms with E-state index in [0.29, 0.717) is 0 Å². The van der Waals surface area contributed by atoms with Crippen LogP contribution in [-0.2, 0) is 10.8 Å². The minimum absolute atomic E-state index is 0.0289. The summed E-state index contributed by atoms with van der Waals surface area (Å²) < 4.78 is 12.4. The van der Waals surface area contributed by atoms with Gasteiger partial charge in [0.15, 0.2) is 5.58 Å². The van der Waals surface area contributed by atoms with Crippen molar-refractivity contribution in [2.45, 2.75) is 52.4 Å². The fraction of sp³-hybridized carbons (Fsp3) is 0.100. The monoisotopic (exact) mass is 1090 g/mol. The third-order valence-electron chi connectivity index (χ3n) is 18.5. The summed E-state index contributed by atoms with van der Waals surface area (Å²) in [5.41, 5.74) is 27.8. The van der Waals surface area contributed by atoms with Crippen molar-refractivity contribution in [1.29, 1.82) is 0 Å². The van der Waals surface area contributed by atoms with E-state index in [1.54, 1.807) is 0 Å². The van der Waals surface area contributed by atoms with E-state index in [0.717, 1.165) is 55.9 Å². The van der Waals surface area contributed by atoms with Gasteiger partial charge in [-0.1, -0.05) is 217 Å². The molecule has 15 aromatic rings. The molecule has 0 unspecified atom stereocenters. The molecule has 85 heavy (non-hydrogen) atoms. The Bertz CT molecular complexity index is 5220. The van der Waals surface area contributed by atoms with Crippen LogP contribution in [0, 0.1) is 0 Å². The van der Waals surface area contributed by atoms with E-state index in [1.165, 1.54) is 110 Å². The van der Waals surface area contributed by atoms with Gasteiger partial charge in [-0.15, -0.1) is 0 Å². The van der Waals surface area contributed by atoms with Crippen LogP contribution in [0.15, 0.2) is 259 Å². The lowest BCUT2D eigenvalue weighted by molar-refractivity contribution is 0.590. The lowest BCUT2D eigenvalue weighted by Gasteiger charge is -2.41. The van der Waals surface area contributed by atoms with Crippen LogP contribution in [0.2, 0.25) is 0 Å². The predicted octanol–water partition coefficient (Wildman–Crippen LogP) is 19.7. The minimum Gasteiger partial charge on any atom is -0.454 e. The van der Waals surface area contributed by atoms with Crippen molar-refractivity contribution in [3.8, 4) is 55.9 Å². The van der Waals surface area contributed by atoms with Gasteiger partial charge in [0.25, 0.3) is 6.71 Å². The molecule has 0 atom stereocenters. The maximum Gasteiger partial charge on any atom is 0.252 e. The summed E-state index contributed by atoms with van der Waals surface area (Å²) in [6, 6.07) is 95.6. The number of nitrogens with zero attached hydrogens (tertiary/aromatic N) is 3. The summed E-state index contributed by atoms with van der Waals surface area (Å²) in [4.78, 5) is 2.61. The van der Waals surface area contributed by atoms with Gasteiger partial charge in [-0.25, -0.2) is 0 Å². The van der Waals surface area contributed by atoms with Crippen molar-refractivity contribution in [3.05, 3.63) is 266 Å². The highest BCUT2D eigenvalue weighted by atomic mass is 16.3. The number of para-hydroxylation sites is 3. The Morgan fingerprint density at radius 2 is 0.894 bits per heavy atom. The topological polar surface area (TPSA) is 26.2 Å². The molecule has 0 bridgehead atoms. The molecule has 0 aliphatic carbocycles. The molecule has 0 saturated heterocycles. The van der Waals surface area contributed by atoms with E-state index < -0.39 is 0 Å². The normalized spacial score (nSPS) is 13.0. The minimum atomic E-state index is -0.204. The first-order valence-electron chi connectivity index (χ1n) is 29.9. The molecule has 0 saturated carbocycles. The first-order valence-corrected chi connectivity index (χ1v) is 29.9. The van der Waals surface area contributed by atoms with Gasteiger partial charge >= 0.3 is 0 Å². The third-order valence-corrected chi connectivity index (χ3v) is 18.5. The van der Waals surface area contributed by atoms with Crippen molar-refractivity contribution >= 4 is 106 Å². The zero-order valence-electron chi connectivity index (χ0n) is 48.6. The SMILES string of the molecule is CC(C)(C)c1cccc(-c2cccc(-c3cc(N4c5ccc(-n6c7ccccc7c7ccccc76)cc5B5c6c4cc4c(oc7ccccc74)c6-n4c6ccc(-c7ccccc7)cc6c6cc(-c7ccccc7)cc5c64)cc(C(C)(C)C)c3)c2)c1. The van der Waals surface area contributed by atoms with E-state index in [4.69, 9.17) is 4.42 Å². The number of hydrogen-bond acceptors (Lipinski definition) is 2. The zero-order chi connectivity index (χ0) is 57.0. The van der Waals surface area contributed by atoms with Crippen molar-refractivity contribution < 1.29 is 4.42 Å². The van der Waals surface area contributed by atoms with E-state index in [9.17, 15) is 0 Å². The molecule has 4 nitrogen and oxygen atoms in total. The Hall–Kier alpha value is -10.1. The highest BCUT2D eigenvalue weighted by Gasteiger charge is 2.45. The Morgan fingerprint density at radius 1 is 0.329 bits per heavy atom. The largest absolute Gasteiger partial charge is 0.454 e. The Balaban J connectivity index is 1.01. The maximum atomic E-state index is 7.35. The van der Waals surface area contributed by atoms with Gasteiger partial charge in [0.2, 0.25) is 0 Å². The zero-order valence-corrected chi connectivity index (χ0v) is 48.6. The average Bonchev–Trinajstić information content (AvgIpc) is 1.67. The summed E-state index contributed by atoms with van der Waals surface area (Å²) in [5.74, 6) is 0. The summed E-state index contributed by atoms with van der Waals surface area (Å²) in [6.45, 7) is 13.7. The second-order valence-electron chi connectivity index (χ2n) is 25.7. The molecule has 5 heterocycles. The molecule has 3 aromatic heterocycles. The van der Waals surface area contributed by atoms with Crippen molar-refractivity contribution in [1.82, 2.24) is 9.13 Å². The number of fused-ring (bicyclic) bond motifs is 14. The standard InChI is InChI=1S/C80H60BN3O/c1-79(2,3)57-28-20-27-53(40-57)51-25-19-26-52(39-51)55-41-58(80(4,5)6)46-60(42-55)83-72-38-36-59(82-69-32-16-13-29-61(69)62-30-14-17-33-70(62)82)47-67(72)81-68-45-56(50-23-11-8-12-24-50)44-65-64-43-54(49-21-9-7-10-22-49)35-37-71(64)84(76(65)68)77-75(81)73(83)48-66-63-31-15-18-34-74(63)85-78(66)77/h7-48H,1-6H3. The van der Waals surface area contributed by atoms with Crippen molar-refractivity contribution in [2.75, 3.05) is 4.90 Å². The average molecular weight is 1090 g/mol. The fourth-order valence-electron chi connectivity index (χ4n) is 14.4. The molecule has 5 heteroatoms. The summed E-state index contributed by atoms with van der Waals surface area (Å²) in [6.07, 6.45) is 0. The molecule has 0 radical (unpaired) electrons. The molecular weight excluding hydrogens is 1030 g/mol. The first-order chi connectivity index (χ1) is 41.4. The van der Waals surface area contributed by atoms with Crippen LogP contribution in [0.5, 0.6) is 0 Å². The second kappa shape index (κ2) is 18.2. The fourth-order valence-corrected chi connectivity index (χ4v) is 14.4. The molecule has 404 valence electrons. The lowest BCUT2D eigenvalue weighted by Crippen LogP contribution is -2.60. The van der Waals surface area contributed by atoms with Crippen LogP contribution in [0.25, 0.3) is 121 Å². The molecule has 2 aliphatic heterocycles. The molecule has 0 fully saturated rings. The van der Waals surface area contributed by atoms with Gasteiger partial charge < -0.3 is 18.5 Å². The van der Waals surface area contributed by atoms with E-state index in [1.807, 2.05) is 0 Å². The van der Waals surface area contributed by atoms with Gasteiger partial charge in [-0.3, -0.25) is 0 Å². The highest BCUT2D eigenvalue weighted by molar-refractivity contribution is 7.00.